The minimum atomic E-state index is -0.0756. The summed E-state index contributed by atoms with van der Waals surface area (Å²) < 4.78 is 0. The number of amides is 1. The predicted molar refractivity (Wildman–Crippen MR) is 59.3 cm³/mol. The molecule has 0 bridgehead atoms. The molecule has 0 spiro atoms. The number of hydrogen-bond donors (Lipinski definition) is 2. The summed E-state index contributed by atoms with van der Waals surface area (Å²) >= 11 is 5.77. The zero-order chi connectivity index (χ0) is 10.7. The molecule has 1 aromatic carbocycles. The van der Waals surface area contributed by atoms with Crippen molar-refractivity contribution in [2.24, 2.45) is 5.92 Å². The van der Waals surface area contributed by atoms with Gasteiger partial charge in [-0.1, -0.05) is 25.4 Å². The molecule has 1 rings (SSSR count). The van der Waals surface area contributed by atoms with Crippen molar-refractivity contribution in [1.82, 2.24) is 0 Å². The number of hydrogen-bond acceptors (Lipinski definition) is 2. The summed E-state index contributed by atoms with van der Waals surface area (Å²) in [5.74, 6) is -0.146. The second-order valence-corrected chi connectivity index (χ2v) is 3.81. The molecule has 0 saturated carbocycles. The average molecular weight is 213 g/mol. The predicted octanol–water partition coefficient (Wildman–Crippen LogP) is 2.52. The van der Waals surface area contributed by atoms with Crippen molar-refractivity contribution in [1.29, 1.82) is 0 Å². The van der Waals surface area contributed by atoms with E-state index in [-0.39, 0.29) is 11.8 Å². The highest BCUT2D eigenvalue weighted by Crippen LogP contribution is 2.23. The first-order chi connectivity index (χ1) is 6.50. The number of carbonyl (C=O) groups is 1. The van der Waals surface area contributed by atoms with Gasteiger partial charge in [0.2, 0.25) is 5.91 Å². The molecule has 14 heavy (non-hydrogen) atoms. The van der Waals surface area contributed by atoms with Crippen molar-refractivity contribution in [2.75, 3.05) is 11.1 Å². The number of rotatable bonds is 2. The number of halogens is 1. The van der Waals surface area contributed by atoms with E-state index in [9.17, 15) is 4.79 Å². The van der Waals surface area contributed by atoms with E-state index in [0.717, 1.165) is 0 Å². The first kappa shape index (κ1) is 10.9. The van der Waals surface area contributed by atoms with Crippen LogP contribution in [0.15, 0.2) is 18.2 Å². The molecule has 0 heterocycles. The van der Waals surface area contributed by atoms with Crippen molar-refractivity contribution < 1.29 is 4.79 Å². The van der Waals surface area contributed by atoms with Crippen LogP contribution in [0.25, 0.3) is 0 Å². The first-order valence-corrected chi connectivity index (χ1v) is 4.74. The largest absolute Gasteiger partial charge is 0.397 e. The zero-order valence-corrected chi connectivity index (χ0v) is 8.93. The van der Waals surface area contributed by atoms with E-state index in [2.05, 4.69) is 5.32 Å². The fraction of sp³-hybridized carbons (Fsp3) is 0.300. The molecule has 3 nitrogen and oxygen atoms in total. The van der Waals surface area contributed by atoms with Crippen molar-refractivity contribution >= 4 is 28.9 Å². The Morgan fingerprint density at radius 3 is 2.71 bits per heavy atom. The summed E-state index contributed by atoms with van der Waals surface area (Å²) in [6.45, 7) is 3.63. The van der Waals surface area contributed by atoms with Crippen LogP contribution in [0.3, 0.4) is 0 Å². The molecule has 0 atom stereocenters. The van der Waals surface area contributed by atoms with E-state index >= 15 is 0 Å². The number of carbonyl (C=O) groups excluding carboxylic acids is 1. The maximum Gasteiger partial charge on any atom is 0.226 e. The van der Waals surface area contributed by atoms with Gasteiger partial charge >= 0.3 is 0 Å². The Morgan fingerprint density at radius 1 is 1.50 bits per heavy atom. The monoisotopic (exact) mass is 212 g/mol. The molecule has 0 radical (unpaired) electrons. The Labute approximate surface area is 88.2 Å². The number of nitrogens with two attached hydrogens (primary N) is 1. The van der Waals surface area contributed by atoms with Crippen molar-refractivity contribution in [3.8, 4) is 0 Å². The summed E-state index contributed by atoms with van der Waals surface area (Å²) in [6.07, 6.45) is 0. The molecule has 76 valence electrons. The second kappa shape index (κ2) is 4.33. The van der Waals surface area contributed by atoms with Crippen LogP contribution in [-0.4, -0.2) is 5.91 Å². The zero-order valence-electron chi connectivity index (χ0n) is 8.17. The molecule has 4 heteroatoms. The van der Waals surface area contributed by atoms with E-state index in [4.69, 9.17) is 17.3 Å². The highest BCUT2D eigenvalue weighted by atomic mass is 35.5. The SMILES string of the molecule is CC(C)C(=O)Nc1cc(Cl)ccc1N. The van der Waals surface area contributed by atoms with E-state index in [1.165, 1.54) is 0 Å². The van der Waals surface area contributed by atoms with Crippen molar-refractivity contribution in [3.63, 3.8) is 0 Å². The lowest BCUT2D eigenvalue weighted by Gasteiger charge is -2.10. The summed E-state index contributed by atoms with van der Waals surface area (Å²) in [4.78, 5) is 11.4. The molecule has 3 N–H and O–H groups in total. The molecule has 0 saturated heterocycles. The smallest absolute Gasteiger partial charge is 0.226 e. The first-order valence-electron chi connectivity index (χ1n) is 4.36. The normalized spacial score (nSPS) is 10.3. The summed E-state index contributed by atoms with van der Waals surface area (Å²) in [7, 11) is 0. The van der Waals surface area contributed by atoms with Gasteiger partial charge in [0, 0.05) is 10.9 Å². The lowest BCUT2D eigenvalue weighted by molar-refractivity contribution is -0.118. The number of nitrogens with one attached hydrogen (secondary N) is 1. The van der Waals surface area contributed by atoms with E-state index < -0.39 is 0 Å². The van der Waals surface area contributed by atoms with Gasteiger partial charge in [-0.15, -0.1) is 0 Å². The Kier molecular flexibility index (Phi) is 3.36. The maximum atomic E-state index is 11.4. The summed E-state index contributed by atoms with van der Waals surface area (Å²) in [5, 5.41) is 3.26. The van der Waals surface area contributed by atoms with Crippen LogP contribution >= 0.6 is 11.6 Å². The van der Waals surface area contributed by atoms with Crippen LogP contribution in [0.1, 0.15) is 13.8 Å². The highest BCUT2D eigenvalue weighted by molar-refractivity contribution is 6.31. The Hall–Kier alpha value is -1.22. The van der Waals surface area contributed by atoms with Crippen molar-refractivity contribution in [3.05, 3.63) is 23.2 Å². The molecule has 0 aliphatic heterocycles. The standard InChI is InChI=1S/C10H13ClN2O/c1-6(2)10(14)13-9-5-7(11)3-4-8(9)12/h3-6H,12H2,1-2H3,(H,13,14). The minimum absolute atomic E-state index is 0.0704. The van der Waals surface area contributed by atoms with Gasteiger partial charge in [0.1, 0.15) is 0 Å². The fourth-order valence-electron chi connectivity index (χ4n) is 0.914. The van der Waals surface area contributed by atoms with Gasteiger partial charge in [-0.2, -0.15) is 0 Å². The van der Waals surface area contributed by atoms with Gasteiger partial charge in [-0.25, -0.2) is 0 Å². The van der Waals surface area contributed by atoms with Crippen LogP contribution in [0.5, 0.6) is 0 Å². The fourth-order valence-corrected chi connectivity index (χ4v) is 1.09. The lowest BCUT2D eigenvalue weighted by Crippen LogP contribution is -2.18. The van der Waals surface area contributed by atoms with Gasteiger partial charge in [0.25, 0.3) is 0 Å². The molecule has 1 amide bonds. The lowest BCUT2D eigenvalue weighted by atomic mass is 10.2. The number of nitrogen functional groups attached to an aromatic ring is 1. The molecule has 1 aromatic rings. The van der Waals surface area contributed by atoms with Crippen LogP contribution in [0.4, 0.5) is 11.4 Å². The minimum Gasteiger partial charge on any atom is -0.397 e. The van der Waals surface area contributed by atoms with E-state index in [1.54, 1.807) is 18.2 Å². The van der Waals surface area contributed by atoms with Crippen LogP contribution in [-0.2, 0) is 4.79 Å². The van der Waals surface area contributed by atoms with Crippen LogP contribution < -0.4 is 11.1 Å². The van der Waals surface area contributed by atoms with Gasteiger partial charge < -0.3 is 11.1 Å². The maximum absolute atomic E-state index is 11.4. The van der Waals surface area contributed by atoms with Gasteiger partial charge in [-0.3, -0.25) is 4.79 Å². The number of benzene rings is 1. The second-order valence-electron chi connectivity index (χ2n) is 3.38. The Morgan fingerprint density at radius 2 is 2.14 bits per heavy atom. The number of anilines is 2. The van der Waals surface area contributed by atoms with Crippen LogP contribution in [0.2, 0.25) is 5.02 Å². The Balaban J connectivity index is 2.86. The molecular formula is C10H13ClN2O. The Bertz CT molecular complexity index is 350. The van der Waals surface area contributed by atoms with Gasteiger partial charge in [-0.05, 0) is 18.2 Å². The molecule has 0 aromatic heterocycles. The van der Waals surface area contributed by atoms with Gasteiger partial charge in [0.05, 0.1) is 11.4 Å². The molecule has 0 fully saturated rings. The topological polar surface area (TPSA) is 55.1 Å². The summed E-state index contributed by atoms with van der Waals surface area (Å²) in [6, 6.07) is 4.98. The van der Waals surface area contributed by atoms with E-state index in [0.29, 0.717) is 16.4 Å². The van der Waals surface area contributed by atoms with E-state index in [1.807, 2.05) is 13.8 Å². The molecule has 0 aliphatic rings. The van der Waals surface area contributed by atoms with Gasteiger partial charge in [0.15, 0.2) is 0 Å². The molecule has 0 aliphatic carbocycles. The third-order valence-electron chi connectivity index (χ3n) is 1.80. The highest BCUT2D eigenvalue weighted by Gasteiger charge is 2.08. The molecular weight excluding hydrogens is 200 g/mol. The summed E-state index contributed by atoms with van der Waals surface area (Å²) in [5.41, 5.74) is 6.75. The quantitative estimate of drug-likeness (QED) is 0.741. The molecule has 0 unspecified atom stereocenters. The van der Waals surface area contributed by atoms with Crippen molar-refractivity contribution in [2.45, 2.75) is 13.8 Å². The third-order valence-corrected chi connectivity index (χ3v) is 2.03. The third kappa shape index (κ3) is 2.64. The van der Waals surface area contributed by atoms with Crippen LogP contribution in [0, 0.1) is 5.92 Å². The average Bonchev–Trinajstić information content (AvgIpc) is 2.11.